The molecule has 0 saturated carbocycles. The lowest BCUT2D eigenvalue weighted by atomic mass is 10.1. The first-order valence-electron chi connectivity index (χ1n) is 6.17. The van der Waals surface area contributed by atoms with Crippen molar-refractivity contribution in [1.29, 1.82) is 0 Å². The highest BCUT2D eigenvalue weighted by Gasteiger charge is 2.32. The average molecular weight is 290 g/mol. The molecule has 20 heavy (non-hydrogen) atoms. The number of alkyl halides is 3. The van der Waals surface area contributed by atoms with Crippen LogP contribution < -0.4 is 10.2 Å². The number of carbonyl (C=O) groups is 1. The molecule has 2 rings (SSSR count). The molecule has 0 unspecified atom stereocenters. The molecule has 1 aliphatic heterocycles. The summed E-state index contributed by atoms with van der Waals surface area (Å²) >= 11 is 0. The maximum absolute atomic E-state index is 13.2. The van der Waals surface area contributed by atoms with E-state index in [2.05, 4.69) is 0 Å². The van der Waals surface area contributed by atoms with Crippen LogP contribution in [0.3, 0.4) is 0 Å². The molecule has 1 atom stereocenters. The fraction of sp³-hybridized carbons (Fsp3) is 0.462. The Morgan fingerprint density at radius 3 is 2.80 bits per heavy atom. The first-order valence-corrected chi connectivity index (χ1v) is 6.17. The molecule has 1 aliphatic rings. The van der Waals surface area contributed by atoms with Gasteiger partial charge in [-0.1, -0.05) is 6.07 Å². The van der Waals surface area contributed by atoms with E-state index in [1.165, 1.54) is 19.1 Å². The van der Waals surface area contributed by atoms with Gasteiger partial charge in [-0.05, 0) is 31.0 Å². The van der Waals surface area contributed by atoms with Crippen molar-refractivity contribution in [2.24, 2.45) is 0 Å². The number of nitrogens with zero attached hydrogens (tertiary/aromatic N) is 1. The highest BCUT2D eigenvalue weighted by molar-refractivity contribution is 5.85. The number of hydrogen-bond donors (Lipinski definition) is 1. The Bertz CT molecular complexity index is 516. The third-order valence-corrected chi connectivity index (χ3v) is 3.29. The smallest absolute Gasteiger partial charge is 0.359 e. The van der Waals surface area contributed by atoms with Gasteiger partial charge in [0.25, 0.3) is 0 Å². The van der Waals surface area contributed by atoms with Gasteiger partial charge in [-0.2, -0.15) is 13.2 Å². The van der Waals surface area contributed by atoms with E-state index in [4.69, 9.17) is 0 Å². The number of carbonyl (C=O) groups excluding carboxylic acids is 1. The molecule has 0 saturated heterocycles. The minimum absolute atomic E-state index is 0.432. The van der Waals surface area contributed by atoms with Crippen molar-refractivity contribution in [3.05, 3.63) is 29.6 Å². The molecule has 0 bridgehead atoms. The molecule has 1 aromatic carbocycles. The van der Waals surface area contributed by atoms with E-state index in [0.29, 0.717) is 18.7 Å². The van der Waals surface area contributed by atoms with E-state index in [1.807, 2.05) is 5.32 Å². The van der Waals surface area contributed by atoms with Crippen LogP contribution in [0.2, 0.25) is 0 Å². The van der Waals surface area contributed by atoms with E-state index >= 15 is 0 Å². The second kappa shape index (κ2) is 5.30. The zero-order valence-electron chi connectivity index (χ0n) is 10.8. The molecule has 7 heteroatoms. The molecule has 0 radical (unpaired) electrons. The van der Waals surface area contributed by atoms with Crippen molar-refractivity contribution < 1.29 is 22.4 Å². The van der Waals surface area contributed by atoms with E-state index in [0.717, 1.165) is 5.56 Å². The molecule has 110 valence electrons. The first-order chi connectivity index (χ1) is 9.28. The summed E-state index contributed by atoms with van der Waals surface area (Å²) in [6, 6.07) is 3.48. The number of hydrogen-bond acceptors (Lipinski definition) is 2. The fourth-order valence-electron chi connectivity index (χ4n) is 2.26. The molecule has 0 aromatic heterocycles. The zero-order chi connectivity index (χ0) is 14.9. The summed E-state index contributed by atoms with van der Waals surface area (Å²) < 4.78 is 49.4. The Labute approximate surface area is 113 Å². The second-order valence-corrected chi connectivity index (χ2v) is 4.73. The molecular weight excluding hydrogens is 276 g/mol. The Hall–Kier alpha value is -1.79. The standard InChI is InChI=1S/C13H14F4N2O/c1-8(12(20)18-7-13(15,16)17)19-5-4-9-2-3-10(14)6-11(9)19/h2-3,6,8H,4-5,7H2,1H3,(H,18,20)/t8-/m1/s1. The highest BCUT2D eigenvalue weighted by atomic mass is 19.4. The monoisotopic (exact) mass is 290 g/mol. The van der Waals surface area contributed by atoms with Gasteiger partial charge >= 0.3 is 6.18 Å². The van der Waals surface area contributed by atoms with Crippen molar-refractivity contribution in [2.75, 3.05) is 18.0 Å². The maximum Gasteiger partial charge on any atom is 0.405 e. The number of amides is 1. The summed E-state index contributed by atoms with van der Waals surface area (Å²) in [5.74, 6) is -1.15. The molecule has 3 nitrogen and oxygen atoms in total. The number of nitrogens with one attached hydrogen (secondary N) is 1. The molecule has 1 heterocycles. The Kier molecular flexibility index (Phi) is 3.87. The number of anilines is 1. The minimum Gasteiger partial charge on any atom is -0.359 e. The average Bonchev–Trinajstić information content (AvgIpc) is 2.77. The predicted octanol–water partition coefficient (Wildman–Crippen LogP) is 2.26. The normalized spacial score (nSPS) is 15.9. The third-order valence-electron chi connectivity index (χ3n) is 3.29. The van der Waals surface area contributed by atoms with Crippen LogP contribution in [-0.2, 0) is 11.2 Å². The van der Waals surface area contributed by atoms with Crippen LogP contribution in [0, 0.1) is 5.82 Å². The van der Waals surface area contributed by atoms with Gasteiger partial charge in [0, 0.05) is 12.2 Å². The van der Waals surface area contributed by atoms with Crippen LogP contribution in [-0.4, -0.2) is 31.2 Å². The van der Waals surface area contributed by atoms with E-state index in [-0.39, 0.29) is 0 Å². The van der Waals surface area contributed by atoms with Gasteiger partial charge in [0.05, 0.1) is 0 Å². The van der Waals surface area contributed by atoms with Gasteiger partial charge < -0.3 is 10.2 Å². The van der Waals surface area contributed by atoms with Gasteiger partial charge in [-0.25, -0.2) is 4.39 Å². The molecule has 0 aliphatic carbocycles. The van der Waals surface area contributed by atoms with E-state index in [1.54, 1.807) is 11.0 Å². The van der Waals surface area contributed by atoms with Crippen molar-refractivity contribution in [1.82, 2.24) is 5.32 Å². The lowest BCUT2D eigenvalue weighted by molar-refractivity contribution is -0.138. The summed E-state index contributed by atoms with van der Waals surface area (Å²) in [4.78, 5) is 13.3. The van der Waals surface area contributed by atoms with Crippen molar-refractivity contribution in [2.45, 2.75) is 25.6 Å². The summed E-state index contributed by atoms with van der Waals surface area (Å²) in [5.41, 5.74) is 1.46. The maximum atomic E-state index is 13.2. The predicted molar refractivity (Wildman–Crippen MR) is 66.0 cm³/mol. The summed E-state index contributed by atoms with van der Waals surface area (Å²) in [5, 5.41) is 1.85. The lowest BCUT2D eigenvalue weighted by Crippen LogP contribution is -2.47. The van der Waals surface area contributed by atoms with Crippen LogP contribution in [0.1, 0.15) is 12.5 Å². The molecule has 0 spiro atoms. The van der Waals surface area contributed by atoms with Crippen LogP contribution in [0.5, 0.6) is 0 Å². The van der Waals surface area contributed by atoms with Crippen LogP contribution in [0.15, 0.2) is 18.2 Å². The highest BCUT2D eigenvalue weighted by Crippen LogP contribution is 2.30. The SMILES string of the molecule is C[C@H](C(=O)NCC(F)(F)F)N1CCc2ccc(F)cc21. The van der Waals surface area contributed by atoms with Gasteiger partial charge in [-0.3, -0.25) is 4.79 Å². The minimum atomic E-state index is -4.44. The Balaban J connectivity index is 2.06. The van der Waals surface area contributed by atoms with Crippen molar-refractivity contribution in [3.8, 4) is 0 Å². The Morgan fingerprint density at radius 1 is 1.45 bits per heavy atom. The summed E-state index contributed by atoms with van der Waals surface area (Å²) in [6.45, 7) is 0.630. The second-order valence-electron chi connectivity index (χ2n) is 4.73. The fourth-order valence-corrected chi connectivity index (χ4v) is 2.26. The van der Waals surface area contributed by atoms with Crippen molar-refractivity contribution in [3.63, 3.8) is 0 Å². The van der Waals surface area contributed by atoms with E-state index in [9.17, 15) is 22.4 Å². The van der Waals surface area contributed by atoms with Gasteiger partial charge in [-0.15, -0.1) is 0 Å². The molecule has 1 N–H and O–H groups in total. The summed E-state index contributed by atoms with van der Waals surface area (Å²) in [6.07, 6.45) is -3.79. The van der Waals surface area contributed by atoms with Crippen LogP contribution in [0.25, 0.3) is 0 Å². The largest absolute Gasteiger partial charge is 0.405 e. The molecular formula is C13H14F4N2O. The first kappa shape index (κ1) is 14.6. The number of rotatable bonds is 3. The van der Waals surface area contributed by atoms with Crippen molar-refractivity contribution >= 4 is 11.6 Å². The molecule has 1 aromatic rings. The third kappa shape index (κ3) is 3.20. The van der Waals surface area contributed by atoms with E-state index < -0.39 is 30.5 Å². The Morgan fingerprint density at radius 2 is 2.15 bits per heavy atom. The number of fused-ring (bicyclic) bond motifs is 1. The summed E-state index contributed by atoms with van der Waals surface area (Å²) in [7, 11) is 0. The van der Waals surface area contributed by atoms with Gasteiger partial charge in [0.2, 0.25) is 5.91 Å². The lowest BCUT2D eigenvalue weighted by Gasteiger charge is -2.26. The molecule has 0 fully saturated rings. The molecule has 1 amide bonds. The van der Waals surface area contributed by atoms with Gasteiger partial charge in [0.15, 0.2) is 0 Å². The van der Waals surface area contributed by atoms with Crippen LogP contribution in [0.4, 0.5) is 23.2 Å². The van der Waals surface area contributed by atoms with Gasteiger partial charge in [0.1, 0.15) is 18.4 Å². The zero-order valence-corrected chi connectivity index (χ0v) is 10.8. The number of benzene rings is 1. The number of halogens is 4. The van der Waals surface area contributed by atoms with Crippen LogP contribution >= 0.6 is 0 Å². The topological polar surface area (TPSA) is 32.3 Å². The quantitative estimate of drug-likeness (QED) is 0.866.